The maximum absolute atomic E-state index is 5.71. The quantitative estimate of drug-likeness (QED) is 0.863. The first-order valence-corrected chi connectivity index (χ1v) is 9.56. The van der Waals surface area contributed by atoms with Crippen LogP contribution in [0.15, 0.2) is 36.4 Å². The lowest BCUT2D eigenvalue weighted by atomic mass is 10.1. The molecule has 0 aromatic heterocycles. The molecule has 4 nitrogen and oxygen atoms in total. The lowest BCUT2D eigenvalue weighted by molar-refractivity contribution is -0.914. The number of rotatable bonds is 6. The van der Waals surface area contributed by atoms with Crippen molar-refractivity contribution in [1.29, 1.82) is 0 Å². The normalized spacial score (nSPS) is 15.2. The smallest absolute Gasteiger partial charge is 0.161 e. The van der Waals surface area contributed by atoms with Crippen LogP contribution in [0.3, 0.4) is 0 Å². The van der Waals surface area contributed by atoms with Gasteiger partial charge in [-0.05, 0) is 56.2 Å². The SMILES string of the molecule is CCOc1cc(C[NH+]2CCN(c3cccc(C)c3C)CC2)ccc1OC. The van der Waals surface area contributed by atoms with E-state index in [-0.39, 0.29) is 0 Å². The molecule has 1 heterocycles. The fourth-order valence-electron chi connectivity index (χ4n) is 3.71. The van der Waals surface area contributed by atoms with Crippen molar-refractivity contribution in [1.82, 2.24) is 0 Å². The second-order valence-corrected chi connectivity index (χ2v) is 7.05. The number of benzene rings is 2. The standard InChI is InChI=1S/C22H30N2O2/c1-5-26-22-15-19(9-10-21(22)25-4)16-23-11-13-24(14-12-23)20-8-6-7-17(2)18(20)3/h6-10,15H,5,11-14,16H2,1-4H3/p+1. The lowest BCUT2D eigenvalue weighted by Gasteiger charge is -2.34. The van der Waals surface area contributed by atoms with Gasteiger partial charge in [-0.1, -0.05) is 12.1 Å². The number of aryl methyl sites for hydroxylation is 1. The highest BCUT2D eigenvalue weighted by atomic mass is 16.5. The van der Waals surface area contributed by atoms with Gasteiger partial charge in [-0.3, -0.25) is 0 Å². The number of hydrogen-bond donors (Lipinski definition) is 1. The van der Waals surface area contributed by atoms with Gasteiger partial charge in [0.1, 0.15) is 6.54 Å². The van der Waals surface area contributed by atoms with Crippen molar-refractivity contribution in [2.75, 3.05) is 44.8 Å². The Hall–Kier alpha value is -2.20. The van der Waals surface area contributed by atoms with Gasteiger partial charge in [-0.2, -0.15) is 0 Å². The number of methoxy groups -OCH3 is 1. The minimum absolute atomic E-state index is 0.654. The molecule has 1 saturated heterocycles. The molecule has 1 aliphatic heterocycles. The molecule has 26 heavy (non-hydrogen) atoms. The molecule has 0 atom stereocenters. The third-order valence-corrected chi connectivity index (χ3v) is 5.37. The van der Waals surface area contributed by atoms with Crippen LogP contribution in [0.5, 0.6) is 11.5 Å². The van der Waals surface area contributed by atoms with E-state index in [4.69, 9.17) is 9.47 Å². The highest BCUT2D eigenvalue weighted by Gasteiger charge is 2.22. The highest BCUT2D eigenvalue weighted by molar-refractivity contribution is 5.56. The van der Waals surface area contributed by atoms with Crippen molar-refractivity contribution in [2.24, 2.45) is 0 Å². The van der Waals surface area contributed by atoms with Gasteiger partial charge in [-0.15, -0.1) is 0 Å². The number of nitrogens with zero attached hydrogens (tertiary/aromatic N) is 1. The van der Waals surface area contributed by atoms with Gasteiger partial charge in [0, 0.05) is 11.3 Å². The summed E-state index contributed by atoms with van der Waals surface area (Å²) in [5.74, 6) is 1.66. The number of quaternary nitrogens is 1. The first kappa shape index (κ1) is 18.6. The molecular formula is C22H31N2O2+. The zero-order chi connectivity index (χ0) is 18.5. The fourth-order valence-corrected chi connectivity index (χ4v) is 3.71. The average Bonchev–Trinajstić information content (AvgIpc) is 2.65. The van der Waals surface area contributed by atoms with Crippen LogP contribution < -0.4 is 19.3 Å². The summed E-state index contributed by atoms with van der Waals surface area (Å²) in [6.45, 7) is 12.6. The maximum atomic E-state index is 5.71. The van der Waals surface area contributed by atoms with E-state index in [0.717, 1.165) is 44.2 Å². The van der Waals surface area contributed by atoms with E-state index in [1.54, 1.807) is 12.0 Å². The topological polar surface area (TPSA) is 26.1 Å². The van der Waals surface area contributed by atoms with Crippen molar-refractivity contribution >= 4 is 5.69 Å². The molecule has 0 aliphatic carbocycles. The first-order chi connectivity index (χ1) is 12.6. The van der Waals surface area contributed by atoms with Crippen LogP contribution in [0.2, 0.25) is 0 Å². The van der Waals surface area contributed by atoms with Gasteiger partial charge in [0.25, 0.3) is 0 Å². The van der Waals surface area contributed by atoms with E-state index in [9.17, 15) is 0 Å². The van der Waals surface area contributed by atoms with Crippen molar-refractivity contribution < 1.29 is 14.4 Å². The molecule has 0 unspecified atom stereocenters. The predicted molar refractivity (Wildman–Crippen MR) is 107 cm³/mol. The second kappa shape index (κ2) is 8.45. The van der Waals surface area contributed by atoms with Gasteiger partial charge < -0.3 is 19.3 Å². The molecule has 4 heteroatoms. The molecule has 0 radical (unpaired) electrons. The van der Waals surface area contributed by atoms with Gasteiger partial charge >= 0.3 is 0 Å². The van der Waals surface area contributed by atoms with Crippen molar-refractivity contribution in [3.63, 3.8) is 0 Å². The third kappa shape index (κ3) is 4.13. The number of piperazine rings is 1. The number of anilines is 1. The van der Waals surface area contributed by atoms with Crippen molar-refractivity contribution in [2.45, 2.75) is 27.3 Å². The van der Waals surface area contributed by atoms with Crippen LogP contribution in [0, 0.1) is 13.8 Å². The molecule has 0 spiro atoms. The van der Waals surface area contributed by atoms with Crippen LogP contribution in [0.1, 0.15) is 23.6 Å². The molecule has 2 aromatic carbocycles. The van der Waals surface area contributed by atoms with E-state index < -0.39 is 0 Å². The van der Waals surface area contributed by atoms with Crippen LogP contribution in [0.25, 0.3) is 0 Å². The number of hydrogen-bond acceptors (Lipinski definition) is 3. The van der Waals surface area contributed by atoms with Crippen molar-refractivity contribution in [3.05, 3.63) is 53.1 Å². The molecule has 1 N–H and O–H groups in total. The summed E-state index contributed by atoms with van der Waals surface area (Å²) < 4.78 is 11.1. The lowest BCUT2D eigenvalue weighted by Crippen LogP contribution is -3.13. The second-order valence-electron chi connectivity index (χ2n) is 7.05. The average molecular weight is 356 g/mol. The van der Waals surface area contributed by atoms with Gasteiger partial charge in [0.15, 0.2) is 11.5 Å². The Balaban J connectivity index is 1.62. The molecule has 1 aliphatic rings. The summed E-state index contributed by atoms with van der Waals surface area (Å²) in [6.07, 6.45) is 0. The van der Waals surface area contributed by atoms with E-state index >= 15 is 0 Å². The summed E-state index contributed by atoms with van der Waals surface area (Å²) in [5, 5.41) is 0. The van der Waals surface area contributed by atoms with Crippen LogP contribution >= 0.6 is 0 Å². The minimum atomic E-state index is 0.654. The van der Waals surface area contributed by atoms with Gasteiger partial charge in [0.05, 0.1) is 39.9 Å². The Labute approximate surface area is 157 Å². The summed E-state index contributed by atoms with van der Waals surface area (Å²) in [7, 11) is 1.69. The molecule has 0 bridgehead atoms. The monoisotopic (exact) mass is 355 g/mol. The van der Waals surface area contributed by atoms with E-state index in [0.29, 0.717) is 6.61 Å². The summed E-state index contributed by atoms with van der Waals surface area (Å²) >= 11 is 0. The minimum Gasteiger partial charge on any atom is -0.493 e. The van der Waals surface area contributed by atoms with Gasteiger partial charge in [-0.25, -0.2) is 0 Å². The number of ether oxygens (including phenoxy) is 2. The molecule has 140 valence electrons. The Morgan fingerprint density at radius 3 is 2.50 bits per heavy atom. The summed E-state index contributed by atoms with van der Waals surface area (Å²) in [4.78, 5) is 4.16. The molecule has 3 rings (SSSR count). The van der Waals surface area contributed by atoms with Crippen LogP contribution in [0.4, 0.5) is 5.69 Å². The molecule has 0 amide bonds. The zero-order valence-corrected chi connectivity index (χ0v) is 16.5. The summed E-state index contributed by atoms with van der Waals surface area (Å²) in [5.41, 5.74) is 5.49. The largest absolute Gasteiger partial charge is 0.493 e. The Morgan fingerprint density at radius 1 is 1.04 bits per heavy atom. The summed E-state index contributed by atoms with van der Waals surface area (Å²) in [6, 6.07) is 12.9. The first-order valence-electron chi connectivity index (χ1n) is 9.56. The van der Waals surface area contributed by atoms with Gasteiger partial charge in [0.2, 0.25) is 0 Å². The van der Waals surface area contributed by atoms with Crippen LogP contribution in [-0.4, -0.2) is 39.9 Å². The molecule has 0 saturated carbocycles. The Bertz CT molecular complexity index is 737. The molecule has 1 fully saturated rings. The molecule has 2 aromatic rings. The Kier molecular flexibility index (Phi) is 6.04. The van der Waals surface area contributed by atoms with E-state index in [2.05, 4.69) is 49.1 Å². The third-order valence-electron chi connectivity index (χ3n) is 5.37. The highest BCUT2D eigenvalue weighted by Crippen LogP contribution is 2.28. The zero-order valence-electron chi connectivity index (χ0n) is 16.5. The maximum Gasteiger partial charge on any atom is 0.161 e. The van der Waals surface area contributed by atoms with E-state index in [1.165, 1.54) is 22.4 Å². The van der Waals surface area contributed by atoms with Crippen molar-refractivity contribution in [3.8, 4) is 11.5 Å². The fraction of sp³-hybridized carbons (Fsp3) is 0.455. The van der Waals surface area contributed by atoms with Crippen LogP contribution in [-0.2, 0) is 6.54 Å². The van der Waals surface area contributed by atoms with E-state index in [1.807, 2.05) is 13.0 Å². The predicted octanol–water partition coefficient (Wildman–Crippen LogP) is 2.62. The number of nitrogens with one attached hydrogen (secondary N) is 1. The Morgan fingerprint density at radius 2 is 1.81 bits per heavy atom. The molecular weight excluding hydrogens is 324 g/mol.